The quantitative estimate of drug-likeness (QED) is 0.533. The number of para-hydroxylation sites is 2. The summed E-state index contributed by atoms with van der Waals surface area (Å²) in [4.78, 5) is 13.5. The van der Waals surface area contributed by atoms with Crippen molar-refractivity contribution in [2.75, 3.05) is 0 Å². The molecule has 0 amide bonds. The number of hydrogen-bond acceptors (Lipinski definition) is 3. The number of phenols is 1. The fraction of sp³-hybridized carbons (Fsp3) is 0.462. The zero-order chi connectivity index (χ0) is 23.1. The molecule has 166 valence electrons. The number of aromatic nitrogens is 2. The lowest BCUT2D eigenvalue weighted by molar-refractivity contribution is 0.0971. The highest BCUT2D eigenvalue weighted by Gasteiger charge is 2.28. The summed E-state index contributed by atoms with van der Waals surface area (Å²) in [6, 6.07) is 11.5. The number of imidazole rings is 1. The van der Waals surface area contributed by atoms with Gasteiger partial charge in [-0.25, -0.2) is 0 Å². The fourth-order valence-corrected chi connectivity index (χ4v) is 4.08. The maximum absolute atomic E-state index is 13.5. The third-order valence-corrected chi connectivity index (χ3v) is 5.77. The van der Waals surface area contributed by atoms with Crippen LogP contribution in [0.1, 0.15) is 76.4 Å². The van der Waals surface area contributed by atoms with E-state index in [4.69, 9.17) is 5.41 Å². The summed E-state index contributed by atoms with van der Waals surface area (Å²) in [6.07, 6.45) is 0.917. The van der Waals surface area contributed by atoms with Crippen molar-refractivity contribution < 1.29 is 9.90 Å². The van der Waals surface area contributed by atoms with Crippen LogP contribution in [-0.2, 0) is 23.9 Å². The van der Waals surface area contributed by atoms with Gasteiger partial charge in [0.1, 0.15) is 5.75 Å². The third kappa shape index (κ3) is 4.32. The lowest BCUT2D eigenvalue weighted by atomic mass is 9.78. The first-order valence-corrected chi connectivity index (χ1v) is 11.0. The number of ketones is 1. The minimum absolute atomic E-state index is 0.0612. The Morgan fingerprint density at radius 2 is 1.42 bits per heavy atom. The Balaban J connectivity index is 2.13. The molecule has 0 spiro atoms. The average Bonchev–Trinajstić information content (AvgIpc) is 2.92. The molecule has 0 aliphatic rings. The number of phenolic OH excluding ortho intramolecular Hbond substituents is 1. The predicted molar refractivity (Wildman–Crippen MR) is 126 cm³/mol. The Kier molecular flexibility index (Phi) is 5.92. The molecule has 0 bridgehead atoms. The van der Waals surface area contributed by atoms with Gasteiger partial charge in [-0.3, -0.25) is 10.2 Å². The number of aryl methyl sites for hydroxylation is 1. The van der Waals surface area contributed by atoms with Gasteiger partial charge in [-0.1, -0.05) is 60.6 Å². The van der Waals surface area contributed by atoms with Gasteiger partial charge in [0.25, 0.3) is 0 Å². The molecule has 5 nitrogen and oxygen atoms in total. The molecule has 0 aliphatic carbocycles. The zero-order valence-electron chi connectivity index (χ0n) is 19.8. The van der Waals surface area contributed by atoms with Gasteiger partial charge in [0.05, 0.1) is 17.6 Å². The number of nitrogens with one attached hydrogen (secondary N) is 1. The second-order valence-corrected chi connectivity index (χ2v) is 10.4. The molecule has 1 aromatic heterocycles. The number of carbonyl (C=O) groups excluding carboxylic acids is 1. The third-order valence-electron chi connectivity index (χ3n) is 5.77. The zero-order valence-corrected chi connectivity index (χ0v) is 19.8. The van der Waals surface area contributed by atoms with E-state index in [1.807, 2.05) is 82.5 Å². The number of hydrogen-bond donors (Lipinski definition) is 2. The van der Waals surface area contributed by atoms with E-state index in [1.165, 1.54) is 0 Å². The van der Waals surface area contributed by atoms with Gasteiger partial charge in [-0.05, 0) is 41.5 Å². The van der Waals surface area contributed by atoms with Crippen LogP contribution in [0.3, 0.4) is 0 Å². The van der Waals surface area contributed by atoms with Crippen LogP contribution in [-0.4, -0.2) is 20.0 Å². The van der Waals surface area contributed by atoms with E-state index in [0.29, 0.717) is 11.2 Å². The number of Topliss-reactive ketones (excluding diaryl/α,β-unsaturated/α-hetero) is 1. The second kappa shape index (κ2) is 8.03. The molecule has 0 saturated carbocycles. The van der Waals surface area contributed by atoms with Gasteiger partial charge in [0.2, 0.25) is 5.62 Å². The van der Waals surface area contributed by atoms with Crippen molar-refractivity contribution in [3.63, 3.8) is 0 Å². The largest absolute Gasteiger partial charge is 0.507 e. The molecular formula is C26H35N3O2. The van der Waals surface area contributed by atoms with Crippen LogP contribution in [0.15, 0.2) is 36.4 Å². The number of aromatic hydroxyl groups is 1. The van der Waals surface area contributed by atoms with Crippen LogP contribution < -0.4 is 5.62 Å². The minimum Gasteiger partial charge on any atom is -0.507 e. The molecule has 5 heteroatoms. The number of rotatable bonds is 5. The van der Waals surface area contributed by atoms with E-state index >= 15 is 0 Å². The van der Waals surface area contributed by atoms with E-state index in [-0.39, 0.29) is 28.9 Å². The van der Waals surface area contributed by atoms with Gasteiger partial charge in [0, 0.05) is 23.2 Å². The lowest BCUT2D eigenvalue weighted by Gasteiger charge is -2.28. The summed E-state index contributed by atoms with van der Waals surface area (Å²) >= 11 is 0. The van der Waals surface area contributed by atoms with Gasteiger partial charge < -0.3 is 14.2 Å². The highest BCUT2D eigenvalue weighted by Crippen LogP contribution is 2.40. The van der Waals surface area contributed by atoms with E-state index in [9.17, 15) is 9.90 Å². The van der Waals surface area contributed by atoms with E-state index in [2.05, 4.69) is 6.92 Å². The Hall–Kier alpha value is -2.82. The molecule has 0 saturated heterocycles. The fourth-order valence-electron chi connectivity index (χ4n) is 4.08. The average molecular weight is 422 g/mol. The topological polar surface area (TPSA) is 71.0 Å². The SMILES string of the molecule is CCCn1c(=N)n(CC(=O)c2cc(C(C)(C)C)c(O)c(C(C)(C)C)c2)c2ccccc21. The van der Waals surface area contributed by atoms with Crippen LogP contribution in [0.2, 0.25) is 0 Å². The van der Waals surface area contributed by atoms with E-state index in [1.54, 1.807) is 4.57 Å². The van der Waals surface area contributed by atoms with Crippen LogP contribution in [0, 0.1) is 5.41 Å². The Morgan fingerprint density at radius 3 is 1.87 bits per heavy atom. The van der Waals surface area contributed by atoms with Crippen molar-refractivity contribution >= 4 is 16.8 Å². The van der Waals surface area contributed by atoms with Crippen LogP contribution in [0.4, 0.5) is 0 Å². The first kappa shape index (κ1) is 22.9. The van der Waals surface area contributed by atoms with Crippen LogP contribution in [0.5, 0.6) is 5.75 Å². The summed E-state index contributed by atoms with van der Waals surface area (Å²) in [5.41, 5.74) is 3.71. The summed E-state index contributed by atoms with van der Waals surface area (Å²) in [7, 11) is 0. The summed E-state index contributed by atoms with van der Waals surface area (Å²) in [5, 5.41) is 19.6. The van der Waals surface area contributed by atoms with E-state index in [0.717, 1.165) is 35.1 Å². The Labute approximate surface area is 184 Å². The number of carbonyl (C=O) groups is 1. The van der Waals surface area contributed by atoms with E-state index < -0.39 is 0 Å². The summed E-state index contributed by atoms with van der Waals surface area (Å²) in [6.45, 7) is 15.2. The lowest BCUT2D eigenvalue weighted by Crippen LogP contribution is -2.28. The molecule has 1 heterocycles. The molecular weight excluding hydrogens is 386 g/mol. The normalized spacial score (nSPS) is 12.5. The Bertz CT molecular complexity index is 1150. The maximum atomic E-state index is 13.5. The number of nitrogens with zero attached hydrogens (tertiary/aromatic N) is 2. The first-order valence-electron chi connectivity index (χ1n) is 11.0. The molecule has 0 aliphatic heterocycles. The molecule has 3 rings (SSSR count). The summed E-state index contributed by atoms with van der Waals surface area (Å²) in [5.74, 6) is 0.207. The van der Waals surface area contributed by atoms with Gasteiger partial charge in [-0.15, -0.1) is 0 Å². The molecule has 2 N–H and O–H groups in total. The predicted octanol–water partition coefficient (Wildman–Crippen LogP) is 5.52. The summed E-state index contributed by atoms with van der Waals surface area (Å²) < 4.78 is 3.74. The van der Waals surface area contributed by atoms with Crippen molar-refractivity contribution in [1.82, 2.24) is 9.13 Å². The molecule has 31 heavy (non-hydrogen) atoms. The molecule has 2 aromatic carbocycles. The minimum atomic E-state index is -0.300. The number of benzene rings is 2. The molecule has 0 atom stereocenters. The molecule has 0 unspecified atom stereocenters. The highest BCUT2D eigenvalue weighted by atomic mass is 16.3. The second-order valence-electron chi connectivity index (χ2n) is 10.4. The maximum Gasteiger partial charge on any atom is 0.203 e. The number of fused-ring (bicyclic) bond motifs is 1. The first-order chi connectivity index (χ1) is 14.4. The van der Waals surface area contributed by atoms with Crippen molar-refractivity contribution in [3.8, 4) is 5.75 Å². The van der Waals surface area contributed by atoms with Crippen LogP contribution in [0.25, 0.3) is 11.0 Å². The van der Waals surface area contributed by atoms with Gasteiger partial charge >= 0.3 is 0 Å². The smallest absolute Gasteiger partial charge is 0.203 e. The van der Waals surface area contributed by atoms with Crippen molar-refractivity contribution in [3.05, 3.63) is 58.7 Å². The Morgan fingerprint density at radius 1 is 0.935 bits per heavy atom. The molecule has 0 radical (unpaired) electrons. The van der Waals surface area contributed by atoms with Crippen molar-refractivity contribution in [1.29, 1.82) is 5.41 Å². The standard InChI is InChI=1S/C26H35N3O2/c1-8-13-28-20-11-9-10-12-21(20)29(24(28)27)16-22(30)17-14-18(25(2,3)4)23(31)19(15-17)26(5,6)7/h9-12,14-15,27,31H,8,13,16H2,1-7H3. The van der Waals surface area contributed by atoms with Crippen molar-refractivity contribution in [2.24, 2.45) is 0 Å². The van der Waals surface area contributed by atoms with Gasteiger partial charge in [-0.2, -0.15) is 0 Å². The van der Waals surface area contributed by atoms with Gasteiger partial charge in [0.15, 0.2) is 5.78 Å². The molecule has 0 fully saturated rings. The highest BCUT2D eigenvalue weighted by molar-refractivity contribution is 5.97. The van der Waals surface area contributed by atoms with Crippen LogP contribution >= 0.6 is 0 Å². The van der Waals surface area contributed by atoms with Crippen molar-refractivity contribution in [2.45, 2.75) is 78.8 Å². The molecule has 3 aromatic rings. The monoisotopic (exact) mass is 421 g/mol.